The number of rotatable bonds is 2. The SMILES string of the molecule is NNc1nc(Br)cnc1N1CCN(C(=O)O)CC1. The van der Waals surface area contributed by atoms with E-state index in [1.165, 1.54) is 4.90 Å². The number of halogens is 1. The van der Waals surface area contributed by atoms with Gasteiger partial charge >= 0.3 is 6.09 Å². The fourth-order valence-electron chi connectivity index (χ4n) is 1.80. The second kappa shape index (κ2) is 5.36. The van der Waals surface area contributed by atoms with Gasteiger partial charge in [-0.05, 0) is 15.9 Å². The van der Waals surface area contributed by atoms with Crippen molar-refractivity contribution in [1.82, 2.24) is 14.9 Å². The number of hydrogen-bond acceptors (Lipinski definition) is 6. The summed E-state index contributed by atoms with van der Waals surface area (Å²) in [4.78, 5) is 22.6. The molecule has 2 rings (SSSR count). The predicted octanol–water partition coefficient (Wildman–Crippen LogP) is 0.325. The number of nitrogens with one attached hydrogen (secondary N) is 1. The van der Waals surface area contributed by atoms with Gasteiger partial charge in [0.05, 0.1) is 6.20 Å². The fraction of sp³-hybridized carbons (Fsp3) is 0.444. The molecule has 1 fully saturated rings. The van der Waals surface area contributed by atoms with Crippen LogP contribution in [-0.2, 0) is 0 Å². The Morgan fingerprint density at radius 3 is 2.67 bits per heavy atom. The Morgan fingerprint density at radius 1 is 1.44 bits per heavy atom. The average molecular weight is 317 g/mol. The van der Waals surface area contributed by atoms with Gasteiger partial charge in [-0.25, -0.2) is 20.6 Å². The van der Waals surface area contributed by atoms with Gasteiger partial charge in [0, 0.05) is 26.2 Å². The van der Waals surface area contributed by atoms with E-state index in [4.69, 9.17) is 10.9 Å². The lowest BCUT2D eigenvalue weighted by molar-refractivity contribution is 0.142. The summed E-state index contributed by atoms with van der Waals surface area (Å²) in [5, 5.41) is 8.87. The Balaban J connectivity index is 2.12. The van der Waals surface area contributed by atoms with E-state index in [1.54, 1.807) is 6.20 Å². The number of nitrogens with two attached hydrogens (primary N) is 1. The standard InChI is InChI=1S/C9H13BrN6O2/c10-6-5-12-8(7(13-6)14-11)15-1-3-16(4-2-15)9(17)18/h5H,1-4,11H2,(H,13,14)(H,17,18). The first kappa shape index (κ1) is 12.8. The number of amides is 1. The first-order chi connectivity index (χ1) is 8.61. The number of carbonyl (C=O) groups is 1. The van der Waals surface area contributed by atoms with Crippen molar-refractivity contribution in [2.45, 2.75) is 0 Å². The summed E-state index contributed by atoms with van der Waals surface area (Å²) in [5.41, 5.74) is 2.49. The van der Waals surface area contributed by atoms with Gasteiger partial charge < -0.3 is 20.3 Å². The van der Waals surface area contributed by atoms with Crippen LogP contribution in [0.4, 0.5) is 16.4 Å². The minimum Gasteiger partial charge on any atom is -0.465 e. The normalized spacial score (nSPS) is 15.7. The first-order valence-electron chi connectivity index (χ1n) is 5.34. The van der Waals surface area contributed by atoms with E-state index in [0.717, 1.165) is 0 Å². The second-order valence-electron chi connectivity index (χ2n) is 3.77. The Kier molecular flexibility index (Phi) is 3.82. The molecule has 0 aliphatic carbocycles. The maximum absolute atomic E-state index is 10.8. The molecule has 98 valence electrons. The maximum Gasteiger partial charge on any atom is 0.407 e. The molecule has 0 atom stereocenters. The van der Waals surface area contributed by atoms with Gasteiger partial charge in [-0.2, -0.15) is 0 Å². The number of nitrogens with zero attached hydrogens (tertiary/aromatic N) is 4. The highest BCUT2D eigenvalue weighted by Crippen LogP contribution is 2.23. The van der Waals surface area contributed by atoms with E-state index in [9.17, 15) is 4.79 Å². The molecule has 8 nitrogen and oxygen atoms in total. The van der Waals surface area contributed by atoms with Crippen molar-refractivity contribution in [3.8, 4) is 0 Å². The molecule has 0 aromatic carbocycles. The van der Waals surface area contributed by atoms with Gasteiger partial charge in [0.15, 0.2) is 11.6 Å². The van der Waals surface area contributed by atoms with E-state index >= 15 is 0 Å². The zero-order valence-corrected chi connectivity index (χ0v) is 11.1. The molecule has 1 aliphatic heterocycles. The van der Waals surface area contributed by atoms with E-state index < -0.39 is 6.09 Å². The summed E-state index contributed by atoms with van der Waals surface area (Å²) in [5.74, 6) is 6.49. The monoisotopic (exact) mass is 316 g/mol. The number of aromatic nitrogens is 2. The highest BCUT2D eigenvalue weighted by molar-refractivity contribution is 9.10. The van der Waals surface area contributed by atoms with Crippen LogP contribution in [0.3, 0.4) is 0 Å². The fourth-order valence-corrected chi connectivity index (χ4v) is 2.08. The molecule has 0 saturated carbocycles. The van der Waals surface area contributed by atoms with Crippen LogP contribution in [0.1, 0.15) is 0 Å². The molecule has 0 bridgehead atoms. The highest BCUT2D eigenvalue weighted by Gasteiger charge is 2.23. The van der Waals surface area contributed by atoms with E-state index in [2.05, 4.69) is 31.3 Å². The van der Waals surface area contributed by atoms with Crippen molar-refractivity contribution < 1.29 is 9.90 Å². The van der Waals surface area contributed by atoms with Crippen LogP contribution >= 0.6 is 15.9 Å². The smallest absolute Gasteiger partial charge is 0.407 e. The largest absolute Gasteiger partial charge is 0.465 e. The van der Waals surface area contributed by atoms with Crippen molar-refractivity contribution in [2.24, 2.45) is 5.84 Å². The number of anilines is 2. The van der Waals surface area contributed by atoms with Gasteiger partial charge in [-0.3, -0.25) is 0 Å². The number of hydrazine groups is 1. The molecule has 1 aromatic rings. The summed E-state index contributed by atoms with van der Waals surface area (Å²) >= 11 is 3.22. The van der Waals surface area contributed by atoms with Crippen LogP contribution in [-0.4, -0.2) is 52.2 Å². The molecular formula is C9H13BrN6O2. The van der Waals surface area contributed by atoms with Crippen LogP contribution in [0.5, 0.6) is 0 Å². The Bertz CT molecular complexity index is 449. The van der Waals surface area contributed by atoms with Gasteiger partial charge in [0.2, 0.25) is 0 Å². The topological polar surface area (TPSA) is 108 Å². The quantitative estimate of drug-likeness (QED) is 0.533. The molecule has 1 amide bonds. The van der Waals surface area contributed by atoms with Crippen LogP contribution in [0.2, 0.25) is 0 Å². The average Bonchev–Trinajstić information content (AvgIpc) is 2.38. The van der Waals surface area contributed by atoms with Crippen LogP contribution in [0.25, 0.3) is 0 Å². The molecule has 1 saturated heterocycles. The van der Waals surface area contributed by atoms with E-state index in [1.807, 2.05) is 4.90 Å². The summed E-state index contributed by atoms with van der Waals surface area (Å²) < 4.78 is 0.586. The number of nitrogen functional groups attached to an aromatic ring is 1. The molecule has 1 aromatic heterocycles. The molecule has 2 heterocycles. The molecule has 0 spiro atoms. The van der Waals surface area contributed by atoms with Crippen molar-refractivity contribution in [1.29, 1.82) is 0 Å². The van der Waals surface area contributed by atoms with Crippen LogP contribution in [0.15, 0.2) is 10.8 Å². The lowest BCUT2D eigenvalue weighted by Crippen LogP contribution is -2.48. The first-order valence-corrected chi connectivity index (χ1v) is 6.13. The summed E-state index contributed by atoms with van der Waals surface area (Å²) in [7, 11) is 0. The molecule has 9 heteroatoms. The zero-order valence-electron chi connectivity index (χ0n) is 9.51. The Hall–Kier alpha value is -1.61. The minimum absolute atomic E-state index is 0.442. The molecule has 0 radical (unpaired) electrons. The molecule has 1 aliphatic rings. The minimum atomic E-state index is -0.895. The summed E-state index contributed by atoms with van der Waals surface area (Å²) in [6.45, 7) is 2.02. The van der Waals surface area contributed by atoms with Crippen molar-refractivity contribution >= 4 is 33.7 Å². The van der Waals surface area contributed by atoms with Crippen LogP contribution < -0.4 is 16.2 Å². The third-order valence-electron chi connectivity index (χ3n) is 2.71. The third-order valence-corrected chi connectivity index (χ3v) is 3.09. The predicted molar refractivity (Wildman–Crippen MR) is 69.4 cm³/mol. The van der Waals surface area contributed by atoms with Gasteiger partial charge in [0.25, 0.3) is 0 Å². The van der Waals surface area contributed by atoms with Crippen LogP contribution in [0, 0.1) is 0 Å². The number of carboxylic acid groups (broad SMARTS) is 1. The molecule has 18 heavy (non-hydrogen) atoms. The molecule has 4 N–H and O–H groups in total. The van der Waals surface area contributed by atoms with Gasteiger partial charge in [-0.1, -0.05) is 0 Å². The van der Waals surface area contributed by atoms with Gasteiger partial charge in [0.1, 0.15) is 4.60 Å². The Morgan fingerprint density at radius 2 is 2.11 bits per heavy atom. The highest BCUT2D eigenvalue weighted by atomic mass is 79.9. The lowest BCUT2D eigenvalue weighted by Gasteiger charge is -2.34. The van der Waals surface area contributed by atoms with E-state index in [0.29, 0.717) is 42.4 Å². The summed E-state index contributed by atoms with van der Waals surface area (Å²) in [6, 6.07) is 0. The number of piperazine rings is 1. The van der Waals surface area contributed by atoms with Crippen molar-refractivity contribution in [3.63, 3.8) is 0 Å². The molecular weight excluding hydrogens is 304 g/mol. The number of hydrogen-bond donors (Lipinski definition) is 3. The zero-order chi connectivity index (χ0) is 13.1. The van der Waals surface area contributed by atoms with Crippen molar-refractivity contribution in [2.75, 3.05) is 36.5 Å². The molecule has 0 unspecified atom stereocenters. The third kappa shape index (κ3) is 2.62. The van der Waals surface area contributed by atoms with E-state index in [-0.39, 0.29) is 0 Å². The lowest BCUT2D eigenvalue weighted by atomic mass is 10.3. The Labute approximate surface area is 112 Å². The van der Waals surface area contributed by atoms with Gasteiger partial charge in [-0.15, -0.1) is 0 Å². The van der Waals surface area contributed by atoms with Crippen molar-refractivity contribution in [3.05, 3.63) is 10.8 Å². The second-order valence-corrected chi connectivity index (χ2v) is 4.58. The summed E-state index contributed by atoms with van der Waals surface area (Å²) in [6.07, 6.45) is 0.688. The maximum atomic E-state index is 10.8.